The normalized spacial score (nSPS) is 22.2. The number of nitrogens with one attached hydrogen (secondary N) is 1. The molecule has 43 heavy (non-hydrogen) atoms. The first kappa shape index (κ1) is 29.1. The molecule has 6 rings (SSSR count). The number of carbonyl (C=O) groups is 1. The first-order valence-electron chi connectivity index (χ1n) is 14.7. The third kappa shape index (κ3) is 6.35. The largest absolute Gasteiger partial charge is 0.444 e. The highest BCUT2D eigenvalue weighted by Gasteiger charge is 2.53. The molecule has 1 aliphatic carbocycles. The molecule has 0 bridgehead atoms. The van der Waals surface area contributed by atoms with E-state index in [1.54, 1.807) is 30.7 Å². The number of anilines is 2. The van der Waals surface area contributed by atoms with E-state index in [2.05, 4.69) is 61.5 Å². The fourth-order valence-corrected chi connectivity index (χ4v) is 7.21. The number of nitrogens with zero attached hydrogens (tertiary/aromatic N) is 5. The predicted molar refractivity (Wildman–Crippen MR) is 170 cm³/mol. The molecule has 2 N–H and O–H groups in total. The SMILES string of the molecule is CC1(O)CC(NC(=O)OC(C)(C)C)(c2ccc(-c3nc(N4CCN(c5cnccn5)CC4)sc3-c3ccccc3)cc2)C1. The molecule has 9 nitrogen and oxygen atoms in total. The highest BCUT2D eigenvalue weighted by Crippen LogP contribution is 2.49. The van der Waals surface area contributed by atoms with Gasteiger partial charge in [-0.1, -0.05) is 65.9 Å². The van der Waals surface area contributed by atoms with E-state index < -0.39 is 22.8 Å². The zero-order chi connectivity index (χ0) is 30.2. The molecule has 2 aromatic carbocycles. The lowest BCUT2D eigenvalue weighted by atomic mass is 9.62. The maximum Gasteiger partial charge on any atom is 0.408 e. The Kier molecular flexibility index (Phi) is 7.60. The molecule has 1 saturated carbocycles. The van der Waals surface area contributed by atoms with Gasteiger partial charge in [-0.3, -0.25) is 4.98 Å². The quantitative estimate of drug-likeness (QED) is 0.285. The molecule has 10 heteroatoms. The zero-order valence-corrected chi connectivity index (χ0v) is 25.9. The second-order valence-electron chi connectivity index (χ2n) is 12.7. The fourth-order valence-electron chi connectivity index (χ4n) is 6.07. The standard InChI is InChI=1S/C33H38N6O3S/c1-31(2,3)42-30(40)37-33(21-32(4,41)22-33)25-12-10-23(11-13-25)27-28(24-8-6-5-7-9-24)43-29(36-27)39-18-16-38(17-19-39)26-20-34-14-15-35-26/h5-15,20,41H,16-19,21-22H2,1-4H3,(H,37,40). The lowest BCUT2D eigenvalue weighted by Crippen LogP contribution is -2.62. The molecular formula is C33H38N6O3S. The molecule has 1 amide bonds. The Bertz CT molecular complexity index is 1550. The zero-order valence-electron chi connectivity index (χ0n) is 25.1. The summed E-state index contributed by atoms with van der Waals surface area (Å²) in [5.74, 6) is 0.902. The summed E-state index contributed by atoms with van der Waals surface area (Å²) in [6.45, 7) is 10.7. The number of benzene rings is 2. The molecule has 1 aliphatic heterocycles. The topological polar surface area (TPSA) is 104 Å². The second-order valence-corrected chi connectivity index (χ2v) is 13.7. The van der Waals surface area contributed by atoms with Crippen LogP contribution in [-0.2, 0) is 10.3 Å². The molecule has 0 atom stereocenters. The predicted octanol–water partition coefficient (Wildman–Crippen LogP) is 5.86. The van der Waals surface area contributed by atoms with Gasteiger partial charge in [-0.25, -0.2) is 14.8 Å². The number of piperazine rings is 1. The lowest BCUT2D eigenvalue weighted by molar-refractivity contribution is -0.0892. The number of carbonyl (C=O) groups excluding carboxylic acids is 1. The molecule has 0 unspecified atom stereocenters. The second kappa shape index (κ2) is 11.2. The minimum atomic E-state index is -0.852. The van der Waals surface area contributed by atoms with Gasteiger partial charge >= 0.3 is 6.09 Å². The summed E-state index contributed by atoms with van der Waals surface area (Å²) >= 11 is 1.71. The third-order valence-electron chi connectivity index (χ3n) is 7.89. The maximum atomic E-state index is 12.8. The van der Waals surface area contributed by atoms with Gasteiger partial charge in [0.1, 0.15) is 11.4 Å². The van der Waals surface area contributed by atoms with Gasteiger partial charge in [-0.2, -0.15) is 0 Å². The summed E-state index contributed by atoms with van der Waals surface area (Å²) in [4.78, 5) is 32.3. The van der Waals surface area contributed by atoms with Crippen molar-refractivity contribution < 1.29 is 14.6 Å². The first-order chi connectivity index (χ1) is 20.5. The van der Waals surface area contributed by atoms with Crippen LogP contribution in [-0.4, -0.2) is 63.5 Å². The van der Waals surface area contributed by atoms with Gasteiger partial charge in [0.05, 0.1) is 27.9 Å². The average Bonchev–Trinajstić information content (AvgIpc) is 3.42. The van der Waals surface area contributed by atoms with Crippen LogP contribution in [0.1, 0.15) is 46.1 Å². The van der Waals surface area contributed by atoms with Crippen LogP contribution in [0, 0.1) is 0 Å². The van der Waals surface area contributed by atoms with E-state index in [0.29, 0.717) is 12.8 Å². The monoisotopic (exact) mass is 598 g/mol. The van der Waals surface area contributed by atoms with Crippen LogP contribution in [0.15, 0.2) is 73.2 Å². The van der Waals surface area contributed by atoms with Crippen LogP contribution in [0.2, 0.25) is 0 Å². The molecule has 2 aromatic heterocycles. The third-order valence-corrected chi connectivity index (χ3v) is 9.06. The first-order valence-corrected chi connectivity index (χ1v) is 15.5. The maximum absolute atomic E-state index is 12.8. The van der Waals surface area contributed by atoms with Crippen LogP contribution in [0.3, 0.4) is 0 Å². The lowest BCUT2D eigenvalue weighted by Gasteiger charge is -2.52. The van der Waals surface area contributed by atoms with Crippen molar-refractivity contribution in [3.63, 3.8) is 0 Å². The molecule has 0 radical (unpaired) electrons. The number of thiazole rings is 1. The summed E-state index contributed by atoms with van der Waals surface area (Å²) in [7, 11) is 0. The number of hydrogen-bond donors (Lipinski definition) is 2. The molecule has 2 fully saturated rings. The van der Waals surface area contributed by atoms with Crippen molar-refractivity contribution >= 4 is 28.4 Å². The van der Waals surface area contributed by atoms with Crippen molar-refractivity contribution in [2.45, 2.75) is 57.3 Å². The Morgan fingerprint density at radius 3 is 2.23 bits per heavy atom. The molecule has 3 heterocycles. The van der Waals surface area contributed by atoms with Crippen molar-refractivity contribution in [1.29, 1.82) is 0 Å². The Morgan fingerprint density at radius 1 is 0.953 bits per heavy atom. The van der Waals surface area contributed by atoms with E-state index in [9.17, 15) is 9.90 Å². The number of aromatic nitrogens is 3. The molecule has 2 aliphatic rings. The van der Waals surface area contributed by atoms with Crippen LogP contribution < -0.4 is 15.1 Å². The van der Waals surface area contributed by atoms with Crippen LogP contribution in [0.5, 0.6) is 0 Å². The Hall–Kier alpha value is -4.02. The summed E-state index contributed by atoms with van der Waals surface area (Å²) in [5, 5.41) is 14.7. The van der Waals surface area contributed by atoms with E-state index in [0.717, 1.165) is 64.4 Å². The van der Waals surface area contributed by atoms with Crippen molar-refractivity contribution in [2.75, 3.05) is 36.0 Å². The minimum Gasteiger partial charge on any atom is -0.444 e. The summed E-state index contributed by atoms with van der Waals surface area (Å²) < 4.78 is 5.55. The van der Waals surface area contributed by atoms with Gasteiger partial charge in [0, 0.05) is 57.0 Å². The summed E-state index contributed by atoms with van der Waals surface area (Å²) in [6.07, 6.45) is 5.58. The van der Waals surface area contributed by atoms with Gasteiger partial charge in [-0.05, 0) is 38.8 Å². The van der Waals surface area contributed by atoms with Gasteiger partial charge in [0.15, 0.2) is 5.13 Å². The smallest absolute Gasteiger partial charge is 0.408 e. The van der Waals surface area contributed by atoms with Gasteiger partial charge < -0.3 is 25.0 Å². The van der Waals surface area contributed by atoms with E-state index in [1.807, 2.05) is 45.2 Å². The Labute approximate surface area is 256 Å². The Balaban J connectivity index is 1.27. The van der Waals surface area contributed by atoms with Crippen LogP contribution >= 0.6 is 11.3 Å². The van der Waals surface area contributed by atoms with Gasteiger partial charge in [-0.15, -0.1) is 0 Å². The number of hydrogen-bond acceptors (Lipinski definition) is 9. The fraction of sp³-hybridized carbons (Fsp3) is 0.394. The molecule has 1 saturated heterocycles. The van der Waals surface area contributed by atoms with Gasteiger partial charge in [0.25, 0.3) is 0 Å². The molecule has 0 spiro atoms. The van der Waals surface area contributed by atoms with E-state index in [4.69, 9.17) is 9.72 Å². The van der Waals surface area contributed by atoms with Crippen molar-refractivity contribution in [2.24, 2.45) is 0 Å². The molecule has 4 aromatic rings. The number of aliphatic hydroxyl groups is 1. The number of ether oxygens (including phenoxy) is 1. The van der Waals surface area contributed by atoms with Crippen molar-refractivity contribution in [3.05, 3.63) is 78.8 Å². The summed E-state index contributed by atoms with van der Waals surface area (Å²) in [6, 6.07) is 18.6. The van der Waals surface area contributed by atoms with Crippen LogP contribution in [0.4, 0.5) is 15.7 Å². The van der Waals surface area contributed by atoms with E-state index in [1.165, 1.54) is 0 Å². The highest BCUT2D eigenvalue weighted by atomic mass is 32.1. The average molecular weight is 599 g/mol. The number of rotatable bonds is 6. The summed E-state index contributed by atoms with van der Waals surface area (Å²) in [5.41, 5.74) is 1.84. The Morgan fingerprint density at radius 2 is 1.63 bits per heavy atom. The number of alkyl carbamates (subject to hydrolysis) is 1. The van der Waals surface area contributed by atoms with Crippen molar-refractivity contribution in [3.8, 4) is 21.7 Å². The van der Waals surface area contributed by atoms with Crippen LogP contribution in [0.25, 0.3) is 21.7 Å². The van der Waals surface area contributed by atoms with E-state index in [-0.39, 0.29) is 0 Å². The minimum absolute atomic E-state index is 0.412. The number of amides is 1. The molecular weight excluding hydrogens is 560 g/mol. The van der Waals surface area contributed by atoms with E-state index >= 15 is 0 Å². The highest BCUT2D eigenvalue weighted by molar-refractivity contribution is 7.19. The van der Waals surface area contributed by atoms with Crippen molar-refractivity contribution in [1.82, 2.24) is 20.3 Å². The van der Waals surface area contributed by atoms with Gasteiger partial charge in [0.2, 0.25) is 0 Å². The molecule has 224 valence electrons.